The highest BCUT2D eigenvalue weighted by Gasteiger charge is 2.19. The summed E-state index contributed by atoms with van der Waals surface area (Å²) in [5.74, 6) is 0.191. The first-order valence-corrected chi connectivity index (χ1v) is 8.72. The van der Waals surface area contributed by atoms with E-state index >= 15 is 0 Å². The molecule has 1 aromatic heterocycles. The SMILES string of the molecule is CCCCN(CCC(=O)NC(C)C(C)C)C(=O)c1cnc(C)cn1. The second-order valence-corrected chi connectivity index (χ2v) is 6.54. The number of nitrogens with zero attached hydrogens (tertiary/aromatic N) is 3. The van der Waals surface area contributed by atoms with Gasteiger partial charge in [-0.05, 0) is 26.2 Å². The standard InChI is InChI=1S/C18H30N4O2/c1-6-7-9-22(10-8-17(23)21-15(5)13(2)3)18(24)16-12-19-14(4)11-20-16/h11-13,15H,6-10H2,1-5H3,(H,21,23). The zero-order chi connectivity index (χ0) is 18.1. The van der Waals surface area contributed by atoms with E-state index in [9.17, 15) is 9.59 Å². The van der Waals surface area contributed by atoms with Gasteiger partial charge in [0, 0.05) is 31.7 Å². The fourth-order valence-electron chi connectivity index (χ4n) is 2.06. The number of nitrogens with one attached hydrogen (secondary N) is 1. The third kappa shape index (κ3) is 6.64. The van der Waals surface area contributed by atoms with Crippen LogP contribution in [0.25, 0.3) is 0 Å². The van der Waals surface area contributed by atoms with Crippen LogP contribution in [0, 0.1) is 12.8 Å². The lowest BCUT2D eigenvalue weighted by atomic mass is 10.1. The van der Waals surface area contributed by atoms with E-state index in [1.807, 2.05) is 13.8 Å². The molecule has 2 amide bonds. The molecule has 0 aliphatic heterocycles. The van der Waals surface area contributed by atoms with Crippen LogP contribution in [0.5, 0.6) is 0 Å². The van der Waals surface area contributed by atoms with Crippen molar-refractivity contribution in [1.82, 2.24) is 20.2 Å². The van der Waals surface area contributed by atoms with E-state index in [1.165, 1.54) is 6.20 Å². The van der Waals surface area contributed by atoms with Crippen molar-refractivity contribution in [2.75, 3.05) is 13.1 Å². The average molecular weight is 334 g/mol. The Bertz CT molecular complexity index is 528. The van der Waals surface area contributed by atoms with Crippen molar-refractivity contribution in [3.63, 3.8) is 0 Å². The molecular formula is C18H30N4O2. The van der Waals surface area contributed by atoms with E-state index in [-0.39, 0.29) is 17.9 Å². The van der Waals surface area contributed by atoms with Gasteiger partial charge in [0.05, 0.1) is 11.9 Å². The van der Waals surface area contributed by atoms with Gasteiger partial charge in [-0.1, -0.05) is 27.2 Å². The second kappa shape index (κ2) is 10.0. The maximum atomic E-state index is 12.6. The lowest BCUT2D eigenvalue weighted by Crippen LogP contribution is -2.40. The molecule has 1 unspecified atom stereocenters. The van der Waals surface area contributed by atoms with Crippen molar-refractivity contribution < 1.29 is 9.59 Å². The predicted molar refractivity (Wildman–Crippen MR) is 94.6 cm³/mol. The van der Waals surface area contributed by atoms with Gasteiger partial charge in [-0.3, -0.25) is 14.6 Å². The zero-order valence-corrected chi connectivity index (χ0v) is 15.5. The number of aromatic nitrogens is 2. The lowest BCUT2D eigenvalue weighted by molar-refractivity contribution is -0.122. The molecule has 0 aliphatic rings. The summed E-state index contributed by atoms with van der Waals surface area (Å²) in [5, 5.41) is 2.97. The van der Waals surface area contributed by atoms with Gasteiger partial charge in [0.25, 0.3) is 5.91 Å². The summed E-state index contributed by atoms with van der Waals surface area (Å²) in [4.78, 5) is 34.6. The minimum Gasteiger partial charge on any atom is -0.353 e. The number of hydrogen-bond donors (Lipinski definition) is 1. The average Bonchev–Trinajstić information content (AvgIpc) is 2.55. The molecule has 6 heteroatoms. The van der Waals surface area contributed by atoms with Gasteiger partial charge in [0.15, 0.2) is 0 Å². The Morgan fingerprint density at radius 2 is 1.88 bits per heavy atom. The summed E-state index contributed by atoms with van der Waals surface area (Å²) in [6.45, 7) is 11.0. The van der Waals surface area contributed by atoms with Gasteiger partial charge >= 0.3 is 0 Å². The van der Waals surface area contributed by atoms with Crippen molar-refractivity contribution in [2.24, 2.45) is 5.92 Å². The van der Waals surface area contributed by atoms with Crippen molar-refractivity contribution in [2.45, 2.75) is 59.9 Å². The zero-order valence-electron chi connectivity index (χ0n) is 15.5. The maximum absolute atomic E-state index is 12.6. The smallest absolute Gasteiger partial charge is 0.274 e. The summed E-state index contributed by atoms with van der Waals surface area (Å²) in [6.07, 6.45) is 5.26. The van der Waals surface area contributed by atoms with Crippen LogP contribution in [0.15, 0.2) is 12.4 Å². The van der Waals surface area contributed by atoms with Crippen LogP contribution in [-0.2, 0) is 4.79 Å². The van der Waals surface area contributed by atoms with Crippen molar-refractivity contribution >= 4 is 11.8 Å². The first-order chi connectivity index (χ1) is 11.3. The molecule has 1 aromatic rings. The Morgan fingerprint density at radius 3 is 2.42 bits per heavy atom. The highest BCUT2D eigenvalue weighted by atomic mass is 16.2. The molecule has 0 bridgehead atoms. The Balaban J connectivity index is 2.66. The fourth-order valence-corrected chi connectivity index (χ4v) is 2.06. The molecule has 1 heterocycles. The van der Waals surface area contributed by atoms with Crippen LogP contribution < -0.4 is 5.32 Å². The van der Waals surface area contributed by atoms with Gasteiger partial charge in [0.2, 0.25) is 5.91 Å². The summed E-state index contributed by atoms with van der Waals surface area (Å²) < 4.78 is 0. The highest BCUT2D eigenvalue weighted by Crippen LogP contribution is 2.06. The van der Waals surface area contributed by atoms with E-state index < -0.39 is 0 Å². The first kappa shape index (κ1) is 20.1. The number of carbonyl (C=O) groups is 2. The summed E-state index contributed by atoms with van der Waals surface area (Å²) in [5.41, 5.74) is 1.10. The molecule has 0 saturated heterocycles. The van der Waals surface area contributed by atoms with Gasteiger partial charge in [-0.25, -0.2) is 4.98 Å². The van der Waals surface area contributed by atoms with Crippen LogP contribution >= 0.6 is 0 Å². The number of carbonyl (C=O) groups excluding carboxylic acids is 2. The summed E-state index contributed by atoms with van der Waals surface area (Å²) >= 11 is 0. The molecule has 24 heavy (non-hydrogen) atoms. The molecular weight excluding hydrogens is 304 g/mol. The fraction of sp³-hybridized carbons (Fsp3) is 0.667. The number of aryl methyl sites for hydroxylation is 1. The molecule has 0 saturated carbocycles. The summed E-state index contributed by atoms with van der Waals surface area (Å²) in [7, 11) is 0. The lowest BCUT2D eigenvalue weighted by Gasteiger charge is -2.23. The Kier molecular flexibility index (Phi) is 8.36. The van der Waals surface area contributed by atoms with E-state index in [1.54, 1.807) is 11.1 Å². The molecule has 0 aromatic carbocycles. The molecule has 0 radical (unpaired) electrons. The van der Waals surface area contributed by atoms with Crippen LogP contribution in [-0.4, -0.2) is 45.8 Å². The minimum absolute atomic E-state index is 0.0273. The van der Waals surface area contributed by atoms with Crippen molar-refractivity contribution in [1.29, 1.82) is 0 Å². The van der Waals surface area contributed by atoms with E-state index in [0.29, 0.717) is 31.1 Å². The second-order valence-electron chi connectivity index (χ2n) is 6.54. The number of hydrogen-bond acceptors (Lipinski definition) is 4. The van der Waals surface area contributed by atoms with Gasteiger partial charge in [-0.15, -0.1) is 0 Å². The van der Waals surface area contributed by atoms with E-state index in [0.717, 1.165) is 18.5 Å². The Labute approximate surface area is 145 Å². The predicted octanol–water partition coefficient (Wildman–Crippen LogP) is 2.58. The monoisotopic (exact) mass is 334 g/mol. The normalized spacial score (nSPS) is 12.1. The molecule has 6 nitrogen and oxygen atoms in total. The van der Waals surface area contributed by atoms with Gasteiger partial charge in [0.1, 0.15) is 5.69 Å². The molecule has 1 N–H and O–H groups in total. The molecule has 0 aliphatic carbocycles. The molecule has 0 spiro atoms. The minimum atomic E-state index is -0.166. The van der Waals surface area contributed by atoms with Crippen molar-refractivity contribution in [3.05, 3.63) is 23.8 Å². The van der Waals surface area contributed by atoms with Gasteiger partial charge in [-0.2, -0.15) is 0 Å². The van der Waals surface area contributed by atoms with E-state index in [4.69, 9.17) is 0 Å². The van der Waals surface area contributed by atoms with Crippen molar-refractivity contribution in [3.8, 4) is 0 Å². The molecule has 1 rings (SSSR count). The van der Waals surface area contributed by atoms with Crippen LogP contribution in [0.1, 0.15) is 63.1 Å². The maximum Gasteiger partial charge on any atom is 0.274 e. The number of rotatable bonds is 9. The first-order valence-electron chi connectivity index (χ1n) is 8.72. The highest BCUT2D eigenvalue weighted by molar-refractivity contribution is 5.92. The van der Waals surface area contributed by atoms with Gasteiger partial charge < -0.3 is 10.2 Å². The topological polar surface area (TPSA) is 75.2 Å². The largest absolute Gasteiger partial charge is 0.353 e. The third-order valence-electron chi connectivity index (χ3n) is 4.07. The Hall–Kier alpha value is -1.98. The molecule has 134 valence electrons. The quantitative estimate of drug-likeness (QED) is 0.753. The van der Waals surface area contributed by atoms with Crippen LogP contribution in [0.3, 0.4) is 0 Å². The molecule has 1 atom stereocenters. The molecule has 0 fully saturated rings. The Morgan fingerprint density at radius 1 is 1.17 bits per heavy atom. The third-order valence-corrected chi connectivity index (χ3v) is 4.07. The summed E-state index contributed by atoms with van der Waals surface area (Å²) in [6, 6.07) is 0.125. The van der Waals surface area contributed by atoms with Crippen LogP contribution in [0.2, 0.25) is 0 Å². The van der Waals surface area contributed by atoms with E-state index in [2.05, 4.69) is 36.1 Å². The number of unbranched alkanes of at least 4 members (excludes halogenated alkanes) is 1. The van der Waals surface area contributed by atoms with Crippen LogP contribution in [0.4, 0.5) is 0 Å². The number of amides is 2.